The Morgan fingerprint density at radius 2 is 1.76 bits per heavy atom. The molecule has 1 atom stereocenters. The number of aliphatic hydroxyl groups excluding tert-OH is 1. The molecule has 1 unspecified atom stereocenters. The van der Waals surface area contributed by atoms with Gasteiger partial charge in [-0.25, -0.2) is 4.39 Å². The van der Waals surface area contributed by atoms with Crippen LogP contribution in [0.15, 0.2) is 48.2 Å². The zero-order valence-corrected chi connectivity index (χ0v) is 19.0. The molecular formula is C26H29FN2O4. The van der Waals surface area contributed by atoms with Gasteiger partial charge in [-0.1, -0.05) is 18.2 Å². The van der Waals surface area contributed by atoms with Gasteiger partial charge >= 0.3 is 0 Å². The number of aryl methyl sites for hydroxylation is 2. The second-order valence-electron chi connectivity index (χ2n) is 8.80. The van der Waals surface area contributed by atoms with Crippen molar-refractivity contribution in [1.29, 1.82) is 0 Å². The fourth-order valence-electron chi connectivity index (χ4n) is 4.62. The third kappa shape index (κ3) is 4.93. The molecule has 1 fully saturated rings. The van der Waals surface area contributed by atoms with E-state index in [1.165, 1.54) is 29.2 Å². The number of hydrogen-bond acceptors (Lipinski definition) is 5. The van der Waals surface area contributed by atoms with Gasteiger partial charge in [0, 0.05) is 19.7 Å². The number of nitrogens with zero attached hydrogens (tertiary/aromatic N) is 2. The molecule has 174 valence electrons. The van der Waals surface area contributed by atoms with Crippen LogP contribution in [0.1, 0.15) is 29.5 Å². The average Bonchev–Trinajstić information content (AvgIpc) is 3.04. The number of likely N-dealkylation sites (tertiary alicyclic amines) is 1. The normalized spacial score (nSPS) is 19.0. The number of imide groups is 1. The van der Waals surface area contributed by atoms with Gasteiger partial charge in [0.1, 0.15) is 23.9 Å². The Kier molecular flexibility index (Phi) is 6.79. The van der Waals surface area contributed by atoms with Crippen LogP contribution >= 0.6 is 0 Å². The van der Waals surface area contributed by atoms with E-state index in [1.54, 1.807) is 0 Å². The number of hydrogen-bond donors (Lipinski definition) is 1. The Balaban J connectivity index is 1.58. The predicted octanol–water partition coefficient (Wildman–Crippen LogP) is 3.31. The summed E-state index contributed by atoms with van der Waals surface area (Å²) < 4.78 is 19.4. The maximum atomic E-state index is 13.5. The number of carbonyl (C=O) groups is 2. The van der Waals surface area contributed by atoms with Crippen molar-refractivity contribution < 1.29 is 23.8 Å². The molecule has 0 aliphatic carbocycles. The SMILES string of the molecule is Cc1cc(C)cc(OCCN2C(=O)C(c3ccc(F)cc3)=C(N3CCCC(CO)C3)C2=O)c1. The standard InChI is InChI=1S/C26H29FN2O4/c1-17-12-18(2)14-22(13-17)33-11-10-29-25(31)23(20-5-7-21(27)8-6-20)24(26(29)32)28-9-3-4-19(15-28)16-30/h5-8,12-14,19,30H,3-4,9-11,15-16H2,1-2H3. The summed E-state index contributed by atoms with van der Waals surface area (Å²) in [6, 6.07) is 11.5. The molecule has 1 N–H and O–H groups in total. The molecule has 1 saturated heterocycles. The minimum Gasteiger partial charge on any atom is -0.492 e. The van der Waals surface area contributed by atoms with Gasteiger partial charge in [-0.05, 0) is 73.6 Å². The molecule has 4 rings (SSSR count). The highest BCUT2D eigenvalue weighted by atomic mass is 19.1. The molecule has 0 saturated carbocycles. The second-order valence-corrected chi connectivity index (χ2v) is 8.80. The highest BCUT2D eigenvalue weighted by Gasteiger charge is 2.42. The van der Waals surface area contributed by atoms with Gasteiger partial charge in [0.15, 0.2) is 0 Å². The van der Waals surface area contributed by atoms with Crippen molar-refractivity contribution in [2.45, 2.75) is 26.7 Å². The van der Waals surface area contributed by atoms with Gasteiger partial charge in [-0.3, -0.25) is 14.5 Å². The number of aliphatic hydroxyl groups is 1. The van der Waals surface area contributed by atoms with Crippen molar-refractivity contribution in [1.82, 2.24) is 9.80 Å². The van der Waals surface area contributed by atoms with E-state index in [9.17, 15) is 19.1 Å². The quantitative estimate of drug-likeness (QED) is 0.653. The van der Waals surface area contributed by atoms with E-state index >= 15 is 0 Å². The largest absolute Gasteiger partial charge is 0.492 e. The molecular weight excluding hydrogens is 423 g/mol. The van der Waals surface area contributed by atoms with Crippen molar-refractivity contribution >= 4 is 17.4 Å². The Hall–Kier alpha value is -3.19. The fraction of sp³-hybridized carbons (Fsp3) is 0.385. The molecule has 2 aliphatic rings. The number of halogens is 1. The third-order valence-electron chi connectivity index (χ3n) is 6.15. The maximum Gasteiger partial charge on any atom is 0.277 e. The molecule has 6 nitrogen and oxygen atoms in total. The van der Waals surface area contributed by atoms with Crippen LogP contribution in [0.2, 0.25) is 0 Å². The average molecular weight is 453 g/mol. The Morgan fingerprint density at radius 3 is 2.42 bits per heavy atom. The van der Waals surface area contributed by atoms with Gasteiger partial charge < -0.3 is 14.7 Å². The van der Waals surface area contributed by atoms with Crippen molar-refractivity contribution in [2.75, 3.05) is 32.8 Å². The van der Waals surface area contributed by atoms with Gasteiger partial charge in [0.2, 0.25) is 0 Å². The summed E-state index contributed by atoms with van der Waals surface area (Å²) >= 11 is 0. The first-order valence-corrected chi connectivity index (χ1v) is 11.3. The van der Waals surface area contributed by atoms with E-state index in [4.69, 9.17) is 4.74 Å². The van der Waals surface area contributed by atoms with Crippen LogP contribution in [0.3, 0.4) is 0 Å². The lowest BCUT2D eigenvalue weighted by Crippen LogP contribution is -2.41. The van der Waals surface area contributed by atoms with Crippen molar-refractivity contribution in [3.05, 3.63) is 70.7 Å². The van der Waals surface area contributed by atoms with Crippen LogP contribution in [0.4, 0.5) is 4.39 Å². The number of rotatable bonds is 7. The number of benzene rings is 2. The summed E-state index contributed by atoms with van der Waals surface area (Å²) in [5.74, 6) is -0.445. The minimum atomic E-state index is -0.408. The topological polar surface area (TPSA) is 70.1 Å². The first-order valence-electron chi connectivity index (χ1n) is 11.3. The lowest BCUT2D eigenvalue weighted by molar-refractivity contribution is -0.138. The van der Waals surface area contributed by atoms with Crippen LogP contribution in [0, 0.1) is 25.6 Å². The molecule has 2 heterocycles. The summed E-state index contributed by atoms with van der Waals surface area (Å²) in [5.41, 5.74) is 3.27. The molecule has 2 aromatic carbocycles. The minimum absolute atomic E-state index is 0.0330. The van der Waals surface area contributed by atoms with E-state index in [0.29, 0.717) is 30.1 Å². The molecule has 2 aliphatic heterocycles. The summed E-state index contributed by atoms with van der Waals surface area (Å²) in [4.78, 5) is 29.9. The van der Waals surface area contributed by atoms with Crippen LogP contribution in [-0.4, -0.2) is 59.6 Å². The Morgan fingerprint density at radius 1 is 1.06 bits per heavy atom. The summed E-state index contributed by atoms with van der Waals surface area (Å²) in [7, 11) is 0. The highest BCUT2D eigenvalue weighted by Crippen LogP contribution is 2.34. The molecule has 2 aromatic rings. The van der Waals surface area contributed by atoms with Crippen molar-refractivity contribution in [3.8, 4) is 5.75 Å². The molecule has 7 heteroatoms. The summed E-state index contributed by atoms with van der Waals surface area (Å²) in [6.45, 7) is 5.41. The Labute approximate surface area is 193 Å². The molecule has 0 bridgehead atoms. The number of carbonyl (C=O) groups excluding carboxylic acids is 2. The van der Waals surface area contributed by atoms with Crippen molar-refractivity contribution in [3.63, 3.8) is 0 Å². The molecule has 0 spiro atoms. The maximum absolute atomic E-state index is 13.5. The van der Waals surface area contributed by atoms with E-state index < -0.39 is 11.7 Å². The fourth-order valence-corrected chi connectivity index (χ4v) is 4.62. The lowest BCUT2D eigenvalue weighted by Gasteiger charge is -2.34. The van der Waals surface area contributed by atoms with E-state index in [2.05, 4.69) is 0 Å². The first kappa shape index (κ1) is 23.0. The number of amides is 2. The van der Waals surface area contributed by atoms with Crippen LogP contribution in [0.25, 0.3) is 5.57 Å². The van der Waals surface area contributed by atoms with Crippen LogP contribution in [-0.2, 0) is 9.59 Å². The van der Waals surface area contributed by atoms with Crippen molar-refractivity contribution in [2.24, 2.45) is 5.92 Å². The summed E-state index contributed by atoms with van der Waals surface area (Å²) in [5, 5.41) is 9.64. The molecule has 33 heavy (non-hydrogen) atoms. The molecule has 2 amide bonds. The van der Waals surface area contributed by atoms with E-state index in [1.807, 2.05) is 36.9 Å². The van der Waals surface area contributed by atoms with Gasteiger partial charge in [-0.2, -0.15) is 0 Å². The third-order valence-corrected chi connectivity index (χ3v) is 6.15. The van der Waals surface area contributed by atoms with Crippen LogP contribution in [0.5, 0.6) is 5.75 Å². The smallest absolute Gasteiger partial charge is 0.277 e. The number of piperidine rings is 1. The summed E-state index contributed by atoms with van der Waals surface area (Å²) in [6.07, 6.45) is 1.70. The van der Waals surface area contributed by atoms with Gasteiger partial charge in [-0.15, -0.1) is 0 Å². The van der Waals surface area contributed by atoms with Gasteiger partial charge in [0.25, 0.3) is 11.8 Å². The molecule has 0 aromatic heterocycles. The van der Waals surface area contributed by atoms with E-state index in [0.717, 1.165) is 24.0 Å². The zero-order chi connectivity index (χ0) is 23.5. The molecule has 0 radical (unpaired) electrons. The van der Waals surface area contributed by atoms with Crippen LogP contribution < -0.4 is 4.74 Å². The van der Waals surface area contributed by atoms with Gasteiger partial charge in [0.05, 0.1) is 12.1 Å². The monoisotopic (exact) mass is 452 g/mol. The zero-order valence-electron chi connectivity index (χ0n) is 19.0. The second kappa shape index (κ2) is 9.75. The number of ether oxygens (including phenoxy) is 1. The highest BCUT2D eigenvalue weighted by molar-refractivity contribution is 6.35. The first-order chi connectivity index (χ1) is 15.9. The van der Waals surface area contributed by atoms with E-state index in [-0.39, 0.29) is 37.2 Å². The predicted molar refractivity (Wildman–Crippen MR) is 123 cm³/mol. The Bertz CT molecular complexity index is 1060. The lowest BCUT2D eigenvalue weighted by atomic mass is 9.97.